The topological polar surface area (TPSA) is 37.6 Å². The van der Waals surface area contributed by atoms with E-state index in [0.29, 0.717) is 6.04 Å². The van der Waals surface area contributed by atoms with E-state index in [0.717, 1.165) is 46.2 Å². The van der Waals surface area contributed by atoms with Crippen LogP contribution in [0.25, 0.3) is 16.2 Å². The molecule has 152 valence electrons. The lowest BCUT2D eigenvalue weighted by Crippen LogP contribution is -2.37. The van der Waals surface area contributed by atoms with Crippen LogP contribution in [0, 0.1) is 23.6 Å². The molecular formula is C23H26FN3OS. The number of carbonyl (C=O) groups excluding carboxylic acids is 1. The molecule has 0 N–H and O–H groups in total. The Morgan fingerprint density at radius 3 is 2.62 bits per heavy atom. The van der Waals surface area contributed by atoms with Crippen molar-refractivity contribution in [2.75, 3.05) is 6.54 Å². The Labute approximate surface area is 174 Å². The van der Waals surface area contributed by atoms with E-state index >= 15 is 0 Å². The summed E-state index contributed by atoms with van der Waals surface area (Å²) in [6.45, 7) is 9.82. The minimum absolute atomic E-state index is 0.146. The molecule has 0 radical (unpaired) electrons. The van der Waals surface area contributed by atoms with E-state index in [9.17, 15) is 9.18 Å². The van der Waals surface area contributed by atoms with Crippen LogP contribution >= 0.6 is 11.3 Å². The van der Waals surface area contributed by atoms with Gasteiger partial charge in [0.25, 0.3) is 5.91 Å². The van der Waals surface area contributed by atoms with Crippen LogP contribution in [0.4, 0.5) is 4.39 Å². The van der Waals surface area contributed by atoms with Gasteiger partial charge in [-0.25, -0.2) is 9.37 Å². The second kappa shape index (κ2) is 6.14. The molecule has 2 aromatic heterocycles. The summed E-state index contributed by atoms with van der Waals surface area (Å²) in [5.41, 5.74) is 3.11. The number of benzene rings is 1. The Hall–Kier alpha value is -2.21. The molecule has 3 heterocycles. The molecule has 2 atom stereocenters. The van der Waals surface area contributed by atoms with Crippen molar-refractivity contribution in [1.82, 2.24) is 14.3 Å². The number of carbonyl (C=O) groups is 1. The van der Waals surface area contributed by atoms with Crippen LogP contribution in [0.1, 0.15) is 55.4 Å². The van der Waals surface area contributed by atoms with Crippen LogP contribution in [-0.4, -0.2) is 32.8 Å². The van der Waals surface area contributed by atoms with Crippen LogP contribution in [-0.2, 0) is 0 Å². The lowest BCUT2D eigenvalue weighted by molar-refractivity contribution is 0.0712. The average Bonchev–Trinajstić information content (AvgIpc) is 3.25. The van der Waals surface area contributed by atoms with Gasteiger partial charge in [-0.2, -0.15) is 0 Å². The number of hydrogen-bond donors (Lipinski definition) is 0. The summed E-state index contributed by atoms with van der Waals surface area (Å²) < 4.78 is 15.2. The number of imidazole rings is 1. The molecule has 3 aromatic rings. The zero-order valence-electron chi connectivity index (χ0n) is 17.3. The van der Waals surface area contributed by atoms with Gasteiger partial charge in [-0.3, -0.25) is 9.20 Å². The van der Waals surface area contributed by atoms with Crippen molar-refractivity contribution in [1.29, 1.82) is 0 Å². The third-order valence-electron chi connectivity index (χ3n) is 6.57. The number of aromatic nitrogens is 2. The maximum atomic E-state index is 13.5. The molecule has 29 heavy (non-hydrogen) atoms. The van der Waals surface area contributed by atoms with Gasteiger partial charge in [0, 0.05) is 30.0 Å². The Morgan fingerprint density at radius 1 is 1.21 bits per heavy atom. The van der Waals surface area contributed by atoms with Crippen molar-refractivity contribution >= 4 is 22.2 Å². The summed E-state index contributed by atoms with van der Waals surface area (Å²) >= 11 is 1.46. The number of amides is 1. The van der Waals surface area contributed by atoms with E-state index in [2.05, 4.69) is 25.7 Å². The Bertz CT molecular complexity index is 1110. The predicted octanol–water partition coefficient (Wildman–Crippen LogP) is 5.55. The van der Waals surface area contributed by atoms with E-state index < -0.39 is 0 Å². The summed E-state index contributed by atoms with van der Waals surface area (Å²) in [6.07, 6.45) is 5.30. The quantitative estimate of drug-likeness (QED) is 0.554. The molecule has 2 unspecified atom stereocenters. The van der Waals surface area contributed by atoms with E-state index in [1.807, 2.05) is 17.5 Å². The van der Waals surface area contributed by atoms with E-state index in [-0.39, 0.29) is 22.6 Å². The summed E-state index contributed by atoms with van der Waals surface area (Å²) in [5.74, 6) is -0.112. The fraction of sp³-hybridized carbons (Fsp3) is 0.478. The van der Waals surface area contributed by atoms with Gasteiger partial charge in [-0.05, 0) is 61.3 Å². The Kier molecular flexibility index (Phi) is 3.98. The van der Waals surface area contributed by atoms with E-state index in [1.54, 1.807) is 12.1 Å². The molecule has 2 fully saturated rings. The van der Waals surface area contributed by atoms with Crippen molar-refractivity contribution < 1.29 is 9.18 Å². The normalized spacial score (nSPS) is 25.7. The summed E-state index contributed by atoms with van der Waals surface area (Å²) in [7, 11) is 0. The van der Waals surface area contributed by atoms with Gasteiger partial charge >= 0.3 is 0 Å². The SMILES string of the molecule is Cc1c(C(=O)N2CC3(C)CC2CC(C)(C)C3)sc2nc(-c3ccc(F)cc3)cn12. The third-order valence-corrected chi connectivity index (χ3v) is 7.71. The number of rotatable bonds is 2. The molecule has 4 nitrogen and oxygen atoms in total. The van der Waals surface area contributed by atoms with Crippen LogP contribution in [0.15, 0.2) is 30.5 Å². The largest absolute Gasteiger partial charge is 0.334 e. The summed E-state index contributed by atoms with van der Waals surface area (Å²) in [4.78, 5) is 21.9. The second-order valence-electron chi connectivity index (χ2n) is 9.95. The van der Waals surface area contributed by atoms with Gasteiger partial charge in [-0.1, -0.05) is 32.1 Å². The highest BCUT2D eigenvalue weighted by molar-refractivity contribution is 7.19. The monoisotopic (exact) mass is 411 g/mol. The van der Waals surface area contributed by atoms with Gasteiger partial charge in [0.1, 0.15) is 10.7 Å². The summed E-state index contributed by atoms with van der Waals surface area (Å²) in [5, 5.41) is 0. The minimum Gasteiger partial charge on any atom is -0.334 e. The number of thiazole rings is 1. The highest BCUT2D eigenvalue weighted by atomic mass is 32.1. The molecule has 1 aliphatic carbocycles. The minimum atomic E-state index is -0.258. The molecule has 0 spiro atoms. The number of aryl methyl sites for hydroxylation is 1. The van der Waals surface area contributed by atoms with Gasteiger partial charge < -0.3 is 4.90 Å². The molecule has 1 aromatic carbocycles. The first-order valence-electron chi connectivity index (χ1n) is 10.2. The molecule has 1 aliphatic heterocycles. The Morgan fingerprint density at radius 2 is 1.93 bits per heavy atom. The zero-order valence-corrected chi connectivity index (χ0v) is 18.1. The van der Waals surface area contributed by atoms with Gasteiger partial charge in [-0.15, -0.1) is 0 Å². The van der Waals surface area contributed by atoms with Crippen molar-refractivity contribution in [2.24, 2.45) is 10.8 Å². The van der Waals surface area contributed by atoms with Crippen LogP contribution in [0.2, 0.25) is 0 Å². The Balaban J connectivity index is 1.46. The highest BCUT2D eigenvalue weighted by Crippen LogP contribution is 2.53. The number of likely N-dealkylation sites (tertiary alicyclic amines) is 1. The maximum absolute atomic E-state index is 13.5. The fourth-order valence-corrected chi connectivity index (χ4v) is 6.80. The lowest BCUT2D eigenvalue weighted by atomic mass is 9.65. The molecule has 1 saturated heterocycles. The fourth-order valence-electron chi connectivity index (χ4n) is 5.74. The molecule has 6 heteroatoms. The zero-order chi connectivity index (χ0) is 20.6. The highest BCUT2D eigenvalue weighted by Gasteiger charge is 2.51. The van der Waals surface area contributed by atoms with Crippen LogP contribution < -0.4 is 0 Å². The van der Waals surface area contributed by atoms with E-state index in [1.165, 1.54) is 29.9 Å². The number of nitrogens with zero attached hydrogens (tertiary/aromatic N) is 3. The van der Waals surface area contributed by atoms with Crippen molar-refractivity contribution in [3.63, 3.8) is 0 Å². The second-order valence-corrected chi connectivity index (χ2v) is 10.9. The van der Waals surface area contributed by atoms with Gasteiger partial charge in [0.15, 0.2) is 4.96 Å². The van der Waals surface area contributed by atoms with Crippen molar-refractivity contribution in [2.45, 2.75) is 53.0 Å². The average molecular weight is 412 g/mol. The standard InChI is InChI=1S/C23H26FN3OS/c1-14-19(20(28)27-13-23(4)10-17(27)9-22(2,3)12-23)29-21-25-18(11-26(14)21)15-5-7-16(24)8-6-15/h5-8,11,17H,9-10,12-13H2,1-4H3. The van der Waals surface area contributed by atoms with Gasteiger partial charge in [0.05, 0.1) is 5.69 Å². The number of hydrogen-bond acceptors (Lipinski definition) is 3. The molecular weight excluding hydrogens is 385 g/mol. The van der Waals surface area contributed by atoms with Gasteiger partial charge in [0.2, 0.25) is 0 Å². The number of halogens is 1. The number of fused-ring (bicyclic) bond motifs is 3. The lowest BCUT2D eigenvalue weighted by Gasteiger charge is -2.39. The molecule has 2 bridgehead atoms. The molecule has 1 amide bonds. The first kappa shape index (κ1) is 18.8. The molecule has 1 saturated carbocycles. The molecule has 2 aliphatic rings. The first-order chi connectivity index (χ1) is 13.6. The van der Waals surface area contributed by atoms with Crippen LogP contribution in [0.3, 0.4) is 0 Å². The van der Waals surface area contributed by atoms with Crippen LogP contribution in [0.5, 0.6) is 0 Å². The third kappa shape index (κ3) is 3.08. The van der Waals surface area contributed by atoms with E-state index in [4.69, 9.17) is 4.98 Å². The predicted molar refractivity (Wildman–Crippen MR) is 114 cm³/mol. The van der Waals surface area contributed by atoms with Crippen molar-refractivity contribution in [3.8, 4) is 11.3 Å². The smallest absolute Gasteiger partial charge is 0.266 e. The van der Waals surface area contributed by atoms with Crippen molar-refractivity contribution in [3.05, 3.63) is 46.9 Å². The maximum Gasteiger partial charge on any atom is 0.266 e. The summed E-state index contributed by atoms with van der Waals surface area (Å²) in [6, 6.07) is 6.68. The molecule has 5 rings (SSSR count). The first-order valence-corrected chi connectivity index (χ1v) is 11.0.